The third kappa shape index (κ3) is 7.16. The molecule has 3 nitrogen and oxygen atoms in total. The van der Waals surface area contributed by atoms with Crippen molar-refractivity contribution in [2.75, 3.05) is 4.90 Å². The molecule has 69 heavy (non-hydrogen) atoms. The molecule has 2 aromatic heterocycles. The van der Waals surface area contributed by atoms with Gasteiger partial charge in [-0.15, -0.1) is 0 Å². The fraction of sp³-hybridized carbons (Fsp3) is 0. The van der Waals surface area contributed by atoms with Crippen molar-refractivity contribution >= 4 is 60.7 Å². The molecule has 0 fully saturated rings. The molecule has 0 saturated carbocycles. The molecule has 0 aliphatic heterocycles. The Morgan fingerprint density at radius 3 is 0.870 bits per heavy atom. The number of rotatable bonds is 9. The molecule has 13 aromatic rings. The molecule has 324 valence electrons. The van der Waals surface area contributed by atoms with E-state index in [0.717, 1.165) is 50.7 Å². The van der Waals surface area contributed by atoms with Crippen molar-refractivity contribution in [2.45, 2.75) is 0 Å². The fourth-order valence-corrected chi connectivity index (χ4v) is 10.4. The minimum absolute atomic E-state index is 1.09. The van der Waals surface area contributed by atoms with Gasteiger partial charge in [0, 0.05) is 50.0 Å². The van der Waals surface area contributed by atoms with Crippen LogP contribution in [0, 0.1) is 0 Å². The molecular weight excluding hydrogens is 835 g/mol. The first-order chi connectivity index (χ1) is 34.2. The Balaban J connectivity index is 0.920. The highest BCUT2D eigenvalue weighted by atomic mass is 15.1. The van der Waals surface area contributed by atoms with Crippen LogP contribution < -0.4 is 4.90 Å². The molecule has 0 unspecified atom stereocenters. The monoisotopic (exact) mass is 879 g/mol. The van der Waals surface area contributed by atoms with Crippen LogP contribution in [0.4, 0.5) is 17.1 Å². The number of para-hydroxylation sites is 4. The quantitative estimate of drug-likeness (QED) is 0.141. The largest absolute Gasteiger partial charge is 0.311 e. The second-order valence-corrected chi connectivity index (χ2v) is 17.8. The lowest BCUT2D eigenvalue weighted by Crippen LogP contribution is -2.09. The normalized spacial score (nSPS) is 11.5. The third-order valence-corrected chi connectivity index (χ3v) is 13.7. The molecule has 0 amide bonds. The molecule has 0 N–H and O–H groups in total. The molecule has 0 spiro atoms. The summed E-state index contributed by atoms with van der Waals surface area (Å²) in [6.45, 7) is 0. The van der Waals surface area contributed by atoms with Gasteiger partial charge in [-0.25, -0.2) is 0 Å². The van der Waals surface area contributed by atoms with Gasteiger partial charge in [0.2, 0.25) is 0 Å². The van der Waals surface area contributed by atoms with E-state index in [1.165, 1.54) is 65.9 Å². The first-order valence-corrected chi connectivity index (χ1v) is 23.7. The predicted molar refractivity (Wildman–Crippen MR) is 292 cm³/mol. The fourth-order valence-electron chi connectivity index (χ4n) is 10.4. The third-order valence-electron chi connectivity index (χ3n) is 13.7. The maximum atomic E-state index is 2.43. The van der Waals surface area contributed by atoms with Crippen LogP contribution in [0.5, 0.6) is 0 Å². The number of hydrogen-bond acceptors (Lipinski definition) is 1. The van der Waals surface area contributed by atoms with E-state index in [0.29, 0.717) is 0 Å². The number of benzene rings is 11. The van der Waals surface area contributed by atoms with E-state index >= 15 is 0 Å². The second-order valence-electron chi connectivity index (χ2n) is 17.8. The average Bonchev–Trinajstić information content (AvgIpc) is 3.95. The van der Waals surface area contributed by atoms with Crippen LogP contribution in [-0.2, 0) is 0 Å². The van der Waals surface area contributed by atoms with Gasteiger partial charge in [-0.2, -0.15) is 0 Å². The minimum atomic E-state index is 1.09. The minimum Gasteiger partial charge on any atom is -0.311 e. The number of aromatic nitrogens is 2. The Morgan fingerprint density at radius 1 is 0.203 bits per heavy atom. The number of anilines is 3. The number of nitrogens with zero attached hydrogens (tertiary/aromatic N) is 3. The maximum absolute atomic E-state index is 2.43. The van der Waals surface area contributed by atoms with Crippen molar-refractivity contribution in [1.82, 2.24) is 9.13 Å². The van der Waals surface area contributed by atoms with Crippen molar-refractivity contribution in [3.05, 3.63) is 273 Å². The van der Waals surface area contributed by atoms with Gasteiger partial charge in [-0.05, 0) is 129 Å². The average molecular weight is 880 g/mol. The zero-order valence-corrected chi connectivity index (χ0v) is 37.8. The highest BCUT2D eigenvalue weighted by Gasteiger charge is 2.19. The highest BCUT2D eigenvalue weighted by Crippen LogP contribution is 2.41. The van der Waals surface area contributed by atoms with Crippen molar-refractivity contribution in [3.63, 3.8) is 0 Å². The van der Waals surface area contributed by atoms with Crippen molar-refractivity contribution in [2.24, 2.45) is 0 Å². The number of fused-ring (bicyclic) bond motifs is 6. The van der Waals surface area contributed by atoms with E-state index in [9.17, 15) is 0 Å². The van der Waals surface area contributed by atoms with Crippen LogP contribution in [0.1, 0.15) is 0 Å². The standard InChI is InChI=1S/C66H45N3/c1-3-16-46(17-4-1)48-30-36-54(37-31-48)67(55-38-32-49(33-39-55)47-18-5-2-6-19-47)56-40-34-50(35-41-56)51-20-15-21-52(42-51)53-43-57(68-63-26-11-7-22-59(63)60-23-8-12-27-64(60)68)45-58(44-53)69-65-28-13-9-24-61(65)62-25-10-14-29-66(62)69/h1-45H. The van der Waals surface area contributed by atoms with E-state index in [2.05, 4.69) is 287 Å². The Kier molecular flexibility index (Phi) is 9.84. The number of hydrogen-bond donors (Lipinski definition) is 0. The van der Waals surface area contributed by atoms with Crippen LogP contribution in [0.15, 0.2) is 273 Å². The molecule has 3 heteroatoms. The molecule has 0 aliphatic carbocycles. The Morgan fingerprint density at radius 2 is 0.493 bits per heavy atom. The second kappa shape index (κ2) is 16.9. The summed E-state index contributed by atoms with van der Waals surface area (Å²) in [5, 5.41) is 4.98. The van der Waals surface area contributed by atoms with Gasteiger partial charge in [-0.1, -0.05) is 188 Å². The van der Waals surface area contributed by atoms with Gasteiger partial charge in [0.05, 0.1) is 22.1 Å². The SMILES string of the molecule is c1ccc(-c2ccc(N(c3ccc(-c4ccccc4)cc3)c3ccc(-c4cccc(-c5cc(-n6c7ccccc7c7ccccc76)cc(-n6c7ccccc7c7ccccc76)c5)c4)cc3)cc2)cc1. The molecule has 0 aliphatic rings. The van der Waals surface area contributed by atoms with Crippen LogP contribution in [0.2, 0.25) is 0 Å². The van der Waals surface area contributed by atoms with Crippen LogP contribution in [0.25, 0.3) is 99.5 Å². The van der Waals surface area contributed by atoms with Gasteiger partial charge < -0.3 is 14.0 Å². The summed E-state index contributed by atoms with van der Waals surface area (Å²) in [7, 11) is 0. The molecule has 0 bridgehead atoms. The smallest absolute Gasteiger partial charge is 0.0541 e. The van der Waals surface area contributed by atoms with Crippen molar-refractivity contribution in [3.8, 4) is 55.9 Å². The van der Waals surface area contributed by atoms with Gasteiger partial charge in [0.15, 0.2) is 0 Å². The molecule has 0 atom stereocenters. The van der Waals surface area contributed by atoms with Gasteiger partial charge in [0.1, 0.15) is 0 Å². The van der Waals surface area contributed by atoms with E-state index in [4.69, 9.17) is 0 Å². The summed E-state index contributed by atoms with van der Waals surface area (Å²) in [6.07, 6.45) is 0. The van der Waals surface area contributed by atoms with E-state index < -0.39 is 0 Å². The first kappa shape index (κ1) is 40.1. The van der Waals surface area contributed by atoms with Gasteiger partial charge >= 0.3 is 0 Å². The topological polar surface area (TPSA) is 13.1 Å². The van der Waals surface area contributed by atoms with Gasteiger partial charge in [0.25, 0.3) is 0 Å². The lowest BCUT2D eigenvalue weighted by atomic mass is 9.97. The lowest BCUT2D eigenvalue weighted by Gasteiger charge is -2.26. The maximum Gasteiger partial charge on any atom is 0.0541 e. The predicted octanol–water partition coefficient (Wildman–Crippen LogP) is 18.0. The van der Waals surface area contributed by atoms with Gasteiger partial charge in [-0.3, -0.25) is 0 Å². The van der Waals surface area contributed by atoms with Crippen molar-refractivity contribution in [1.29, 1.82) is 0 Å². The summed E-state index contributed by atoms with van der Waals surface area (Å²) in [4.78, 5) is 2.35. The van der Waals surface area contributed by atoms with E-state index in [-0.39, 0.29) is 0 Å². The summed E-state index contributed by atoms with van der Waals surface area (Å²) >= 11 is 0. The summed E-state index contributed by atoms with van der Waals surface area (Å²) in [5.41, 5.74) is 19.7. The molecule has 13 rings (SSSR count). The molecule has 2 heterocycles. The highest BCUT2D eigenvalue weighted by molar-refractivity contribution is 6.11. The zero-order chi connectivity index (χ0) is 45.7. The van der Waals surface area contributed by atoms with E-state index in [1.54, 1.807) is 0 Å². The Hall–Kier alpha value is -9.18. The Bertz CT molecular complexity index is 3650. The molecular formula is C66H45N3. The molecule has 0 radical (unpaired) electrons. The summed E-state index contributed by atoms with van der Waals surface area (Å²) < 4.78 is 4.87. The van der Waals surface area contributed by atoms with Crippen molar-refractivity contribution < 1.29 is 0 Å². The Labute approximate surface area is 401 Å². The first-order valence-electron chi connectivity index (χ1n) is 23.7. The molecule has 0 saturated heterocycles. The summed E-state index contributed by atoms with van der Waals surface area (Å²) in [6, 6.07) is 99.1. The lowest BCUT2D eigenvalue weighted by molar-refractivity contribution is 1.13. The molecule has 11 aromatic carbocycles. The van der Waals surface area contributed by atoms with Crippen LogP contribution in [-0.4, -0.2) is 9.13 Å². The van der Waals surface area contributed by atoms with E-state index in [1.807, 2.05) is 0 Å². The van der Waals surface area contributed by atoms with Crippen LogP contribution in [0.3, 0.4) is 0 Å². The van der Waals surface area contributed by atoms with Crippen LogP contribution >= 0.6 is 0 Å². The zero-order valence-electron chi connectivity index (χ0n) is 37.8. The summed E-state index contributed by atoms with van der Waals surface area (Å²) in [5.74, 6) is 0.